The van der Waals surface area contributed by atoms with Gasteiger partial charge in [0.2, 0.25) is 5.91 Å². The number of piperazine rings is 1. The van der Waals surface area contributed by atoms with Crippen LogP contribution in [0.4, 0.5) is 15.8 Å². The summed E-state index contributed by atoms with van der Waals surface area (Å²) in [5, 5.41) is 5.81. The first-order valence-electron chi connectivity index (χ1n) is 15.1. The zero-order chi connectivity index (χ0) is 31.8. The molecule has 9 heteroatoms. The average Bonchev–Trinajstić information content (AvgIpc) is 3.08. The molecule has 1 aliphatic heterocycles. The molecule has 0 bridgehead atoms. The van der Waals surface area contributed by atoms with Crippen molar-refractivity contribution in [1.29, 1.82) is 0 Å². The van der Waals surface area contributed by atoms with E-state index in [1.165, 1.54) is 19.2 Å². The number of nitrogens with one attached hydrogen (secondary N) is 2. The van der Waals surface area contributed by atoms with E-state index >= 15 is 0 Å². The van der Waals surface area contributed by atoms with E-state index in [9.17, 15) is 18.8 Å². The van der Waals surface area contributed by atoms with Gasteiger partial charge in [-0.05, 0) is 66.1 Å². The van der Waals surface area contributed by atoms with Crippen molar-refractivity contribution in [2.45, 2.75) is 25.8 Å². The molecule has 1 unspecified atom stereocenters. The number of ether oxygens (including phenoxy) is 1. The van der Waals surface area contributed by atoms with Gasteiger partial charge in [0.15, 0.2) is 0 Å². The molecular weight excluding hydrogens is 571 g/mol. The topological polar surface area (TPSA) is 91.0 Å². The number of benzene rings is 4. The van der Waals surface area contributed by atoms with Crippen LogP contribution in [-0.4, -0.2) is 55.9 Å². The number of hydrogen-bond donors (Lipinski definition) is 2. The Morgan fingerprint density at radius 3 is 2.27 bits per heavy atom. The molecule has 3 amide bonds. The number of methoxy groups -OCH3 is 1. The Kier molecular flexibility index (Phi) is 10.1. The van der Waals surface area contributed by atoms with Crippen LogP contribution in [0.1, 0.15) is 51.1 Å². The van der Waals surface area contributed by atoms with Crippen molar-refractivity contribution in [3.8, 4) is 5.75 Å². The lowest BCUT2D eigenvalue weighted by Crippen LogP contribution is -2.50. The fraction of sp³-hybridized carbons (Fsp3) is 0.250. The molecule has 45 heavy (non-hydrogen) atoms. The second-order valence-corrected chi connectivity index (χ2v) is 10.9. The molecule has 0 spiro atoms. The van der Waals surface area contributed by atoms with E-state index in [0.29, 0.717) is 60.9 Å². The van der Waals surface area contributed by atoms with E-state index in [0.717, 1.165) is 11.1 Å². The summed E-state index contributed by atoms with van der Waals surface area (Å²) in [6.07, 6.45) is 0.713. The number of carbonyl (C=O) groups is 3. The zero-order valence-corrected chi connectivity index (χ0v) is 25.5. The lowest BCUT2D eigenvalue weighted by molar-refractivity contribution is -0.133. The molecule has 1 saturated heterocycles. The standard InChI is InChI=1S/C36H37FN4O4/c1-3-31(26-8-5-4-6-9-26)36(44)41-20-18-40(19-21-41)33-17-16-29(39-34(42)27-10-7-11-30(22-27)45-2)23-32(33)35(43)38-24-25-12-14-28(37)15-13-25/h4-17,22-23,31H,3,18-21,24H2,1-2H3,(H,38,43)(H,39,42). The Balaban J connectivity index is 1.34. The van der Waals surface area contributed by atoms with Crippen LogP contribution in [0, 0.1) is 5.82 Å². The molecule has 5 rings (SSSR count). The molecule has 1 fully saturated rings. The van der Waals surface area contributed by atoms with Crippen LogP contribution in [0.2, 0.25) is 0 Å². The summed E-state index contributed by atoms with van der Waals surface area (Å²) in [6.45, 7) is 4.37. The van der Waals surface area contributed by atoms with Gasteiger partial charge in [0.25, 0.3) is 11.8 Å². The molecule has 0 aromatic heterocycles. The molecule has 232 valence electrons. The van der Waals surface area contributed by atoms with Crippen LogP contribution >= 0.6 is 0 Å². The van der Waals surface area contributed by atoms with Crippen molar-refractivity contribution >= 4 is 29.1 Å². The minimum Gasteiger partial charge on any atom is -0.497 e. The van der Waals surface area contributed by atoms with Crippen molar-refractivity contribution in [3.63, 3.8) is 0 Å². The number of halogens is 1. The largest absolute Gasteiger partial charge is 0.497 e. The van der Waals surface area contributed by atoms with Gasteiger partial charge in [-0.15, -0.1) is 0 Å². The van der Waals surface area contributed by atoms with Crippen LogP contribution in [0.15, 0.2) is 97.1 Å². The lowest BCUT2D eigenvalue weighted by atomic mass is 9.94. The summed E-state index contributed by atoms with van der Waals surface area (Å²) >= 11 is 0. The first-order chi connectivity index (χ1) is 21.9. The van der Waals surface area contributed by atoms with E-state index in [1.54, 1.807) is 48.5 Å². The monoisotopic (exact) mass is 608 g/mol. The molecule has 2 N–H and O–H groups in total. The predicted octanol–water partition coefficient (Wildman–Crippen LogP) is 5.86. The normalized spacial score (nSPS) is 13.6. The van der Waals surface area contributed by atoms with Crippen molar-refractivity contribution in [3.05, 3.63) is 125 Å². The molecule has 8 nitrogen and oxygen atoms in total. The third kappa shape index (κ3) is 7.67. The lowest BCUT2D eigenvalue weighted by Gasteiger charge is -2.38. The van der Waals surface area contributed by atoms with E-state index in [-0.39, 0.29) is 36.0 Å². The van der Waals surface area contributed by atoms with Gasteiger partial charge in [-0.25, -0.2) is 4.39 Å². The first-order valence-corrected chi connectivity index (χ1v) is 15.1. The summed E-state index contributed by atoms with van der Waals surface area (Å²) < 4.78 is 18.6. The fourth-order valence-electron chi connectivity index (χ4n) is 5.55. The smallest absolute Gasteiger partial charge is 0.255 e. The minimum atomic E-state index is -0.349. The van der Waals surface area contributed by atoms with Gasteiger partial charge >= 0.3 is 0 Å². The molecular formula is C36H37FN4O4. The van der Waals surface area contributed by atoms with Crippen LogP contribution in [0.25, 0.3) is 0 Å². The van der Waals surface area contributed by atoms with Gasteiger partial charge < -0.3 is 25.2 Å². The number of amides is 3. The maximum Gasteiger partial charge on any atom is 0.255 e. The number of rotatable bonds is 10. The van der Waals surface area contributed by atoms with Crippen molar-refractivity contribution in [2.24, 2.45) is 0 Å². The summed E-state index contributed by atoms with van der Waals surface area (Å²) in [5.41, 5.74) is 3.73. The average molecular weight is 609 g/mol. The van der Waals surface area contributed by atoms with E-state index in [2.05, 4.69) is 15.5 Å². The molecule has 4 aromatic rings. The highest BCUT2D eigenvalue weighted by Gasteiger charge is 2.29. The Morgan fingerprint density at radius 1 is 0.844 bits per heavy atom. The summed E-state index contributed by atoms with van der Waals surface area (Å²) in [6, 6.07) is 27.9. The molecule has 0 saturated carbocycles. The Labute approximate surface area is 262 Å². The van der Waals surface area contributed by atoms with E-state index in [1.807, 2.05) is 48.2 Å². The van der Waals surface area contributed by atoms with Gasteiger partial charge in [-0.1, -0.05) is 55.5 Å². The van der Waals surface area contributed by atoms with E-state index < -0.39 is 0 Å². The molecule has 1 heterocycles. The maximum atomic E-state index is 13.6. The Morgan fingerprint density at radius 2 is 1.58 bits per heavy atom. The second kappa shape index (κ2) is 14.5. The molecule has 0 radical (unpaired) electrons. The summed E-state index contributed by atoms with van der Waals surface area (Å²) in [7, 11) is 1.54. The highest BCUT2D eigenvalue weighted by Crippen LogP contribution is 2.28. The Hall–Kier alpha value is -5.18. The van der Waals surface area contributed by atoms with Gasteiger partial charge in [0.05, 0.1) is 18.6 Å². The molecule has 0 aliphatic carbocycles. The van der Waals surface area contributed by atoms with Crippen molar-refractivity contribution in [1.82, 2.24) is 10.2 Å². The number of hydrogen-bond acceptors (Lipinski definition) is 5. The van der Waals surface area contributed by atoms with Crippen LogP contribution in [-0.2, 0) is 11.3 Å². The quantitative estimate of drug-likeness (QED) is 0.236. The third-order valence-electron chi connectivity index (χ3n) is 8.04. The number of carbonyl (C=O) groups excluding carboxylic acids is 3. The molecule has 1 atom stereocenters. The number of nitrogens with zero attached hydrogens (tertiary/aromatic N) is 2. The highest BCUT2D eigenvalue weighted by molar-refractivity contribution is 6.06. The summed E-state index contributed by atoms with van der Waals surface area (Å²) in [5.74, 6) is -0.547. The van der Waals surface area contributed by atoms with Crippen molar-refractivity contribution in [2.75, 3.05) is 43.5 Å². The van der Waals surface area contributed by atoms with Gasteiger partial charge in [-0.2, -0.15) is 0 Å². The Bertz CT molecular complexity index is 1640. The van der Waals surface area contributed by atoms with Crippen molar-refractivity contribution < 1.29 is 23.5 Å². The first kappa shape index (κ1) is 31.3. The minimum absolute atomic E-state index is 0.108. The molecule has 4 aromatic carbocycles. The van der Waals surface area contributed by atoms with Crippen LogP contribution in [0.3, 0.4) is 0 Å². The van der Waals surface area contributed by atoms with Gasteiger partial charge in [0, 0.05) is 49.7 Å². The van der Waals surface area contributed by atoms with Gasteiger partial charge in [-0.3, -0.25) is 14.4 Å². The van der Waals surface area contributed by atoms with Gasteiger partial charge in [0.1, 0.15) is 11.6 Å². The predicted molar refractivity (Wildman–Crippen MR) is 173 cm³/mol. The molecule has 1 aliphatic rings. The van der Waals surface area contributed by atoms with Crippen LogP contribution in [0.5, 0.6) is 5.75 Å². The maximum absolute atomic E-state index is 13.6. The van der Waals surface area contributed by atoms with E-state index in [4.69, 9.17) is 4.74 Å². The fourth-order valence-corrected chi connectivity index (χ4v) is 5.55. The summed E-state index contributed by atoms with van der Waals surface area (Å²) in [4.78, 5) is 44.1. The number of anilines is 2. The third-order valence-corrected chi connectivity index (χ3v) is 8.04. The SMILES string of the molecule is CCC(C(=O)N1CCN(c2ccc(NC(=O)c3cccc(OC)c3)cc2C(=O)NCc2ccc(F)cc2)CC1)c1ccccc1. The highest BCUT2D eigenvalue weighted by atomic mass is 19.1. The zero-order valence-electron chi connectivity index (χ0n) is 25.5. The van der Waals surface area contributed by atoms with Crippen LogP contribution < -0.4 is 20.3 Å². The second-order valence-electron chi connectivity index (χ2n) is 10.9.